The largest absolute Gasteiger partial charge is 0.293 e. The van der Waals surface area contributed by atoms with Crippen molar-refractivity contribution in [3.8, 4) is 17.1 Å². The smallest absolute Gasteiger partial charge is 0.229 e. The summed E-state index contributed by atoms with van der Waals surface area (Å²) in [6.07, 6.45) is 4.33. The molecular weight excluding hydrogens is 465 g/mol. The first-order valence-electron chi connectivity index (χ1n) is 9.66. The number of anilines is 1. The monoisotopic (exact) mass is 483 g/mol. The molecule has 1 N–H and O–H groups in total. The highest BCUT2D eigenvalue weighted by atomic mass is 32.2. The zero-order valence-corrected chi connectivity index (χ0v) is 19.0. The van der Waals surface area contributed by atoms with Crippen LogP contribution in [0.5, 0.6) is 0 Å². The number of aromatic nitrogens is 4. The summed E-state index contributed by atoms with van der Waals surface area (Å²) in [4.78, 5) is 16.7. The van der Waals surface area contributed by atoms with Crippen molar-refractivity contribution in [3.63, 3.8) is 0 Å². The predicted octanol–water partition coefficient (Wildman–Crippen LogP) is 3.81. The maximum Gasteiger partial charge on any atom is 0.229 e. The molecule has 0 saturated heterocycles. The van der Waals surface area contributed by atoms with Crippen LogP contribution in [0.2, 0.25) is 0 Å². The van der Waals surface area contributed by atoms with E-state index in [-0.39, 0.29) is 17.4 Å². The second-order valence-electron chi connectivity index (χ2n) is 7.02. The van der Waals surface area contributed by atoms with Gasteiger partial charge in [0.05, 0.1) is 12.0 Å². The first-order valence-corrected chi connectivity index (χ1v) is 12.5. The molecule has 0 aliphatic heterocycles. The predicted molar refractivity (Wildman–Crippen MR) is 125 cm³/mol. The maximum absolute atomic E-state index is 13.5. The van der Waals surface area contributed by atoms with Gasteiger partial charge in [0, 0.05) is 34.9 Å². The van der Waals surface area contributed by atoms with E-state index in [2.05, 4.69) is 19.9 Å². The molecule has 0 amide bonds. The number of thioether (sulfide) groups is 1. The summed E-state index contributed by atoms with van der Waals surface area (Å²) >= 11 is 1.20. The molecule has 0 radical (unpaired) electrons. The molecule has 4 aromatic rings. The minimum absolute atomic E-state index is 0.0779. The molecule has 8 nitrogen and oxygen atoms in total. The summed E-state index contributed by atoms with van der Waals surface area (Å²) in [6, 6.07) is 15.7. The van der Waals surface area contributed by atoms with E-state index in [1.54, 1.807) is 53.4 Å². The number of sulfonamides is 1. The highest BCUT2D eigenvalue weighted by Crippen LogP contribution is 2.28. The third-order valence-electron chi connectivity index (χ3n) is 4.50. The second-order valence-corrected chi connectivity index (χ2v) is 9.71. The molecule has 0 bridgehead atoms. The third-order valence-corrected chi connectivity index (χ3v) is 6.03. The van der Waals surface area contributed by atoms with Gasteiger partial charge in [-0.05, 0) is 60.7 Å². The number of carbonyl (C=O) groups excluding carboxylic acids is 1. The molecule has 33 heavy (non-hydrogen) atoms. The summed E-state index contributed by atoms with van der Waals surface area (Å²) in [5.74, 6) is 0.0878. The van der Waals surface area contributed by atoms with E-state index in [0.717, 1.165) is 11.8 Å². The molecule has 0 spiro atoms. The first kappa shape index (κ1) is 22.6. The van der Waals surface area contributed by atoms with E-state index in [0.29, 0.717) is 27.9 Å². The van der Waals surface area contributed by atoms with E-state index in [1.807, 2.05) is 0 Å². The number of pyridine rings is 1. The Balaban J connectivity index is 1.57. The Morgan fingerprint density at radius 3 is 2.30 bits per heavy atom. The Hall–Kier alpha value is -3.57. The van der Waals surface area contributed by atoms with E-state index in [1.165, 1.54) is 36.0 Å². The van der Waals surface area contributed by atoms with Gasteiger partial charge in [-0.3, -0.25) is 19.1 Å². The number of nitrogens with zero attached hydrogens (tertiary/aromatic N) is 4. The van der Waals surface area contributed by atoms with Gasteiger partial charge in [-0.15, -0.1) is 10.2 Å². The van der Waals surface area contributed by atoms with Gasteiger partial charge in [0.1, 0.15) is 5.82 Å². The Kier molecular flexibility index (Phi) is 6.52. The number of nitrogens with one attached hydrogen (secondary N) is 1. The summed E-state index contributed by atoms with van der Waals surface area (Å²) in [5.41, 5.74) is 2.23. The molecule has 2 aromatic heterocycles. The van der Waals surface area contributed by atoms with Gasteiger partial charge in [-0.2, -0.15) is 0 Å². The SMILES string of the molecule is CS(=O)(=O)Nc1ccc(C(=O)CSc2nnc(-c3ccncc3)n2-c2ccc(F)cc2)cc1. The molecule has 2 heterocycles. The van der Waals surface area contributed by atoms with Crippen LogP contribution < -0.4 is 4.72 Å². The summed E-state index contributed by atoms with van der Waals surface area (Å²) in [5, 5.41) is 8.99. The summed E-state index contributed by atoms with van der Waals surface area (Å²) < 4.78 is 40.2. The molecular formula is C22H18FN5O3S2. The zero-order valence-electron chi connectivity index (χ0n) is 17.3. The topological polar surface area (TPSA) is 107 Å². The number of hydrogen-bond acceptors (Lipinski definition) is 7. The van der Waals surface area contributed by atoms with Crippen LogP contribution in [0, 0.1) is 5.82 Å². The Bertz CT molecular complexity index is 1370. The van der Waals surface area contributed by atoms with Crippen LogP contribution in [0.3, 0.4) is 0 Å². The lowest BCUT2D eigenvalue weighted by Crippen LogP contribution is -2.10. The average Bonchev–Trinajstić information content (AvgIpc) is 3.22. The van der Waals surface area contributed by atoms with Crippen LogP contribution in [0.1, 0.15) is 10.4 Å². The van der Waals surface area contributed by atoms with Crippen molar-refractivity contribution < 1.29 is 17.6 Å². The van der Waals surface area contributed by atoms with Gasteiger partial charge in [0.25, 0.3) is 0 Å². The molecule has 0 saturated carbocycles. The van der Waals surface area contributed by atoms with E-state index >= 15 is 0 Å². The number of hydrogen-bond donors (Lipinski definition) is 1. The van der Waals surface area contributed by atoms with Gasteiger partial charge in [-0.25, -0.2) is 12.8 Å². The second kappa shape index (κ2) is 9.51. The lowest BCUT2D eigenvalue weighted by Gasteiger charge is -2.10. The minimum Gasteiger partial charge on any atom is -0.293 e. The van der Waals surface area contributed by atoms with Crippen molar-refractivity contribution in [2.45, 2.75) is 5.16 Å². The van der Waals surface area contributed by atoms with Gasteiger partial charge >= 0.3 is 0 Å². The summed E-state index contributed by atoms with van der Waals surface area (Å²) in [7, 11) is -3.40. The van der Waals surface area contributed by atoms with Crippen molar-refractivity contribution in [1.82, 2.24) is 19.7 Å². The number of benzene rings is 2. The first-order chi connectivity index (χ1) is 15.8. The van der Waals surface area contributed by atoms with Crippen LogP contribution in [0.4, 0.5) is 10.1 Å². The highest BCUT2D eigenvalue weighted by molar-refractivity contribution is 7.99. The fraction of sp³-hybridized carbons (Fsp3) is 0.0909. The third kappa shape index (κ3) is 5.62. The number of rotatable bonds is 8. The molecule has 0 fully saturated rings. The van der Waals surface area contributed by atoms with E-state index in [4.69, 9.17) is 0 Å². The van der Waals surface area contributed by atoms with E-state index < -0.39 is 10.0 Å². The molecule has 0 aliphatic rings. The van der Waals surface area contributed by atoms with Gasteiger partial charge < -0.3 is 0 Å². The van der Waals surface area contributed by atoms with Gasteiger partial charge in [-0.1, -0.05) is 11.8 Å². The molecule has 0 aliphatic carbocycles. The fourth-order valence-corrected chi connectivity index (χ4v) is 4.44. The lowest BCUT2D eigenvalue weighted by molar-refractivity contribution is 0.102. The number of Topliss-reactive ketones (excluding diaryl/α,β-unsaturated/α-hetero) is 1. The fourth-order valence-electron chi connectivity index (χ4n) is 3.03. The molecule has 0 unspecified atom stereocenters. The Morgan fingerprint density at radius 2 is 1.67 bits per heavy atom. The highest BCUT2D eigenvalue weighted by Gasteiger charge is 2.18. The van der Waals surface area contributed by atoms with E-state index in [9.17, 15) is 17.6 Å². The molecule has 2 aromatic carbocycles. The molecule has 4 rings (SSSR count). The summed E-state index contributed by atoms with van der Waals surface area (Å²) in [6.45, 7) is 0. The lowest BCUT2D eigenvalue weighted by atomic mass is 10.1. The van der Waals surface area contributed by atoms with Crippen molar-refractivity contribution in [2.75, 3.05) is 16.7 Å². The molecule has 11 heteroatoms. The van der Waals surface area contributed by atoms with Gasteiger partial charge in [0.2, 0.25) is 10.0 Å². The average molecular weight is 484 g/mol. The number of halogens is 1. The molecule has 168 valence electrons. The van der Waals surface area contributed by atoms with Crippen molar-refractivity contribution in [1.29, 1.82) is 0 Å². The van der Waals surface area contributed by atoms with Crippen molar-refractivity contribution >= 4 is 33.3 Å². The zero-order chi connectivity index (χ0) is 23.4. The van der Waals surface area contributed by atoms with Gasteiger partial charge in [0.15, 0.2) is 16.8 Å². The standard InChI is InChI=1S/C22H18FN5O3S2/c1-33(30,31)27-18-6-2-15(3-7-18)20(29)14-32-22-26-25-21(16-10-12-24-13-11-16)28(22)19-8-4-17(23)5-9-19/h2-13,27H,14H2,1H3. The Morgan fingerprint density at radius 1 is 1.00 bits per heavy atom. The quantitative estimate of drug-likeness (QED) is 0.300. The van der Waals surface area contributed by atoms with Crippen molar-refractivity contribution in [3.05, 3.63) is 84.4 Å². The number of carbonyl (C=O) groups is 1. The normalized spacial score (nSPS) is 11.3. The molecule has 0 atom stereocenters. The minimum atomic E-state index is -3.40. The number of ketones is 1. The van der Waals surface area contributed by atoms with Crippen molar-refractivity contribution in [2.24, 2.45) is 0 Å². The maximum atomic E-state index is 13.5. The van der Waals surface area contributed by atoms with Crippen LogP contribution in [0.25, 0.3) is 17.1 Å². The van der Waals surface area contributed by atoms with Crippen LogP contribution in [-0.2, 0) is 10.0 Å². The Labute approximate surface area is 194 Å². The van der Waals surface area contributed by atoms with Crippen LogP contribution >= 0.6 is 11.8 Å². The van der Waals surface area contributed by atoms with Crippen LogP contribution in [0.15, 0.2) is 78.2 Å². The van der Waals surface area contributed by atoms with Crippen LogP contribution in [-0.4, -0.2) is 46.0 Å².